The number of amides is 1. The monoisotopic (exact) mass is 343 g/mol. The smallest absolute Gasteiger partial charge is 0.262 e. The summed E-state index contributed by atoms with van der Waals surface area (Å²) in [6, 6.07) is 12.5. The van der Waals surface area contributed by atoms with Crippen molar-refractivity contribution in [3.05, 3.63) is 42.5 Å². The van der Waals surface area contributed by atoms with E-state index in [1.807, 2.05) is 12.1 Å². The highest BCUT2D eigenvalue weighted by molar-refractivity contribution is 5.92. The fraction of sp³-hybridized carbons (Fsp3) is 0.316. The fourth-order valence-corrected chi connectivity index (χ4v) is 2.32. The van der Waals surface area contributed by atoms with E-state index in [-0.39, 0.29) is 12.5 Å². The molecular weight excluding hydrogens is 322 g/mol. The molecule has 2 aromatic rings. The predicted octanol–water partition coefficient (Wildman–Crippen LogP) is 3.26. The lowest BCUT2D eigenvalue weighted by molar-refractivity contribution is -0.118. The number of rotatable bonds is 7. The summed E-state index contributed by atoms with van der Waals surface area (Å²) in [5, 5.41) is 2.78. The van der Waals surface area contributed by atoms with E-state index in [1.54, 1.807) is 30.3 Å². The number of hydrogen-bond acceptors (Lipinski definition) is 5. The van der Waals surface area contributed by atoms with Crippen LogP contribution >= 0.6 is 0 Å². The summed E-state index contributed by atoms with van der Waals surface area (Å²) in [6.07, 6.45) is 0.957. The van der Waals surface area contributed by atoms with Crippen LogP contribution in [0, 0.1) is 0 Å². The molecule has 0 spiro atoms. The Bertz CT molecular complexity index is 714. The van der Waals surface area contributed by atoms with Crippen molar-refractivity contribution >= 4 is 11.6 Å². The summed E-state index contributed by atoms with van der Waals surface area (Å²) >= 11 is 0. The number of benzene rings is 2. The summed E-state index contributed by atoms with van der Waals surface area (Å²) < 4.78 is 21.9. The van der Waals surface area contributed by atoms with Gasteiger partial charge < -0.3 is 24.3 Å². The van der Waals surface area contributed by atoms with Crippen LogP contribution in [0.1, 0.15) is 13.3 Å². The van der Waals surface area contributed by atoms with E-state index < -0.39 is 0 Å². The lowest BCUT2D eigenvalue weighted by atomic mass is 10.2. The summed E-state index contributed by atoms with van der Waals surface area (Å²) in [5.74, 6) is 2.47. The highest BCUT2D eigenvalue weighted by atomic mass is 16.6. The molecule has 25 heavy (non-hydrogen) atoms. The minimum absolute atomic E-state index is 0.0798. The van der Waals surface area contributed by atoms with Gasteiger partial charge in [0.15, 0.2) is 18.1 Å². The van der Waals surface area contributed by atoms with Gasteiger partial charge >= 0.3 is 0 Å². The van der Waals surface area contributed by atoms with Gasteiger partial charge in [-0.3, -0.25) is 4.79 Å². The normalized spacial score (nSPS) is 12.4. The Morgan fingerprint density at radius 3 is 2.40 bits per heavy atom. The minimum atomic E-state index is -0.247. The van der Waals surface area contributed by atoms with Crippen molar-refractivity contribution in [2.75, 3.05) is 31.7 Å². The van der Waals surface area contributed by atoms with E-state index in [9.17, 15) is 4.79 Å². The van der Waals surface area contributed by atoms with Crippen LogP contribution in [0.25, 0.3) is 0 Å². The Hall–Kier alpha value is -2.89. The summed E-state index contributed by atoms with van der Waals surface area (Å²) in [4.78, 5) is 12.0. The van der Waals surface area contributed by atoms with Crippen LogP contribution in [-0.4, -0.2) is 32.3 Å². The molecule has 1 heterocycles. The molecular formula is C19H21NO5. The molecule has 6 nitrogen and oxygen atoms in total. The average Bonchev–Trinajstić information content (AvgIpc) is 2.65. The maximum atomic E-state index is 12.0. The molecule has 0 unspecified atom stereocenters. The lowest BCUT2D eigenvalue weighted by Crippen LogP contribution is -2.20. The highest BCUT2D eigenvalue weighted by Crippen LogP contribution is 2.32. The highest BCUT2D eigenvalue weighted by Gasteiger charge is 2.13. The quantitative estimate of drug-likeness (QED) is 0.836. The van der Waals surface area contributed by atoms with Crippen molar-refractivity contribution in [1.82, 2.24) is 0 Å². The molecule has 0 saturated heterocycles. The maximum absolute atomic E-state index is 12.0. The van der Waals surface area contributed by atoms with Gasteiger partial charge in [-0.15, -0.1) is 0 Å². The van der Waals surface area contributed by atoms with Crippen LogP contribution in [-0.2, 0) is 4.79 Å². The van der Waals surface area contributed by atoms with Crippen LogP contribution in [0.2, 0.25) is 0 Å². The van der Waals surface area contributed by atoms with E-state index in [4.69, 9.17) is 18.9 Å². The van der Waals surface area contributed by atoms with Crippen molar-refractivity contribution in [3.63, 3.8) is 0 Å². The molecule has 0 bridgehead atoms. The molecule has 132 valence electrons. The fourth-order valence-electron chi connectivity index (χ4n) is 2.32. The van der Waals surface area contributed by atoms with E-state index in [1.165, 1.54) is 0 Å². The first-order valence-electron chi connectivity index (χ1n) is 8.30. The number of nitrogens with one attached hydrogen (secondary N) is 1. The van der Waals surface area contributed by atoms with Gasteiger partial charge in [0.05, 0.1) is 6.61 Å². The standard InChI is InChI=1S/C19H21NO5/c1-2-9-22-15-4-6-16(7-5-15)25-13-19(21)20-14-3-8-17-18(12-14)24-11-10-23-17/h3-8,12H,2,9-11,13H2,1H3,(H,20,21). The summed E-state index contributed by atoms with van der Waals surface area (Å²) in [6.45, 7) is 3.69. The molecule has 1 N–H and O–H groups in total. The van der Waals surface area contributed by atoms with Gasteiger partial charge in [0.1, 0.15) is 24.7 Å². The molecule has 0 fully saturated rings. The summed E-state index contributed by atoms with van der Waals surface area (Å²) in [5.41, 5.74) is 0.640. The van der Waals surface area contributed by atoms with Crippen molar-refractivity contribution in [2.45, 2.75) is 13.3 Å². The summed E-state index contributed by atoms with van der Waals surface area (Å²) in [7, 11) is 0. The third-order valence-corrected chi connectivity index (χ3v) is 3.49. The Morgan fingerprint density at radius 1 is 1.00 bits per heavy atom. The zero-order valence-corrected chi connectivity index (χ0v) is 14.1. The molecule has 1 aliphatic heterocycles. The molecule has 0 atom stereocenters. The van der Waals surface area contributed by atoms with Crippen LogP contribution < -0.4 is 24.3 Å². The molecule has 6 heteroatoms. The Balaban J connectivity index is 1.49. The van der Waals surface area contributed by atoms with Gasteiger partial charge in [-0.25, -0.2) is 0 Å². The van der Waals surface area contributed by atoms with E-state index in [2.05, 4.69) is 12.2 Å². The van der Waals surface area contributed by atoms with E-state index in [0.717, 1.165) is 12.2 Å². The zero-order chi connectivity index (χ0) is 17.5. The predicted molar refractivity (Wildman–Crippen MR) is 93.8 cm³/mol. The topological polar surface area (TPSA) is 66.0 Å². The Morgan fingerprint density at radius 2 is 1.68 bits per heavy atom. The van der Waals surface area contributed by atoms with Crippen LogP contribution in [0.4, 0.5) is 5.69 Å². The van der Waals surface area contributed by atoms with Crippen LogP contribution in [0.5, 0.6) is 23.0 Å². The first kappa shape index (κ1) is 17.0. The van der Waals surface area contributed by atoms with Crippen LogP contribution in [0.15, 0.2) is 42.5 Å². The van der Waals surface area contributed by atoms with Crippen molar-refractivity contribution in [2.24, 2.45) is 0 Å². The first-order valence-corrected chi connectivity index (χ1v) is 8.30. The molecule has 1 aliphatic rings. The number of carbonyl (C=O) groups excluding carboxylic acids is 1. The maximum Gasteiger partial charge on any atom is 0.262 e. The van der Waals surface area contributed by atoms with E-state index in [0.29, 0.717) is 42.8 Å². The second-order valence-electron chi connectivity index (χ2n) is 5.52. The average molecular weight is 343 g/mol. The van der Waals surface area contributed by atoms with Gasteiger partial charge in [-0.05, 0) is 42.8 Å². The molecule has 0 saturated carbocycles. The van der Waals surface area contributed by atoms with Gasteiger partial charge in [-0.1, -0.05) is 6.92 Å². The van der Waals surface area contributed by atoms with Crippen LogP contribution in [0.3, 0.4) is 0 Å². The van der Waals surface area contributed by atoms with Crippen molar-refractivity contribution in [3.8, 4) is 23.0 Å². The van der Waals surface area contributed by atoms with Crippen molar-refractivity contribution < 1.29 is 23.7 Å². The number of fused-ring (bicyclic) bond motifs is 1. The second-order valence-corrected chi connectivity index (χ2v) is 5.52. The van der Waals surface area contributed by atoms with Gasteiger partial charge in [0.2, 0.25) is 0 Å². The molecule has 1 amide bonds. The molecule has 0 aliphatic carbocycles. The second kappa shape index (κ2) is 8.28. The Labute approximate surface area is 146 Å². The van der Waals surface area contributed by atoms with Gasteiger partial charge in [0, 0.05) is 11.8 Å². The first-order chi connectivity index (χ1) is 12.2. The van der Waals surface area contributed by atoms with Gasteiger partial charge in [0.25, 0.3) is 5.91 Å². The zero-order valence-electron chi connectivity index (χ0n) is 14.1. The minimum Gasteiger partial charge on any atom is -0.494 e. The van der Waals surface area contributed by atoms with E-state index >= 15 is 0 Å². The third-order valence-electron chi connectivity index (χ3n) is 3.49. The Kier molecular flexibility index (Phi) is 5.61. The number of carbonyl (C=O) groups is 1. The largest absolute Gasteiger partial charge is 0.494 e. The number of hydrogen-bond donors (Lipinski definition) is 1. The third kappa shape index (κ3) is 4.79. The lowest BCUT2D eigenvalue weighted by Gasteiger charge is -2.19. The molecule has 2 aromatic carbocycles. The molecule has 3 rings (SSSR count). The molecule has 0 radical (unpaired) electrons. The molecule has 0 aromatic heterocycles. The number of anilines is 1. The van der Waals surface area contributed by atoms with Gasteiger partial charge in [-0.2, -0.15) is 0 Å². The van der Waals surface area contributed by atoms with Crippen molar-refractivity contribution in [1.29, 1.82) is 0 Å². The number of ether oxygens (including phenoxy) is 4. The SMILES string of the molecule is CCCOc1ccc(OCC(=O)Nc2ccc3c(c2)OCCO3)cc1.